The van der Waals surface area contributed by atoms with E-state index in [1.54, 1.807) is 38.9 Å². The number of hydrogen-bond acceptors (Lipinski definition) is 23. The highest BCUT2D eigenvalue weighted by atomic mass is 16.7. The molecule has 3 aromatic heterocycles. The number of aromatic nitrogens is 7. The smallest absolute Gasteiger partial charge is 0.303 e. The van der Waals surface area contributed by atoms with E-state index in [-0.39, 0.29) is 88.1 Å². The molecule has 9 atom stereocenters. The third kappa shape index (κ3) is 17.2. The van der Waals surface area contributed by atoms with Gasteiger partial charge in [0.15, 0.2) is 35.9 Å². The number of fused-ring (bicyclic) bond motifs is 1. The normalized spacial score (nSPS) is 20.7. The number of aromatic amines is 1. The van der Waals surface area contributed by atoms with Gasteiger partial charge < -0.3 is 67.8 Å². The minimum absolute atomic E-state index is 0.0461. The van der Waals surface area contributed by atoms with Gasteiger partial charge in [0.25, 0.3) is 5.56 Å². The van der Waals surface area contributed by atoms with Crippen LogP contribution in [0.2, 0.25) is 0 Å². The van der Waals surface area contributed by atoms with Crippen LogP contribution in [0.1, 0.15) is 89.4 Å². The van der Waals surface area contributed by atoms with Gasteiger partial charge in [-0.1, -0.05) is 73.7 Å². The van der Waals surface area contributed by atoms with Gasteiger partial charge in [0.05, 0.1) is 59.7 Å². The highest BCUT2D eigenvalue weighted by Gasteiger charge is 2.52. The quantitative estimate of drug-likeness (QED) is 0.0181. The topological polar surface area (TPSA) is 355 Å². The second-order valence-electron chi connectivity index (χ2n) is 21.5. The summed E-state index contributed by atoms with van der Waals surface area (Å²) >= 11 is 0. The largest absolute Gasteiger partial charge is 0.497 e. The van der Waals surface area contributed by atoms with E-state index in [0.29, 0.717) is 30.0 Å². The molecule has 8 rings (SSSR count). The van der Waals surface area contributed by atoms with Crippen LogP contribution in [-0.2, 0) is 90.2 Å². The number of anilines is 1. The number of nitrogens with zero attached hydrogens (tertiary/aromatic N) is 6. The van der Waals surface area contributed by atoms with Gasteiger partial charge in [0, 0.05) is 53.2 Å². The van der Waals surface area contributed by atoms with Crippen molar-refractivity contribution in [2.24, 2.45) is 5.92 Å². The number of imidazole rings is 1. The zero-order chi connectivity index (χ0) is 64.5. The molecule has 0 saturated carbocycles. The van der Waals surface area contributed by atoms with Crippen molar-refractivity contribution in [3.8, 4) is 11.5 Å². The summed E-state index contributed by atoms with van der Waals surface area (Å²) < 4.78 is 68.3. The summed E-state index contributed by atoms with van der Waals surface area (Å²) in [6.07, 6.45) is -5.69. The van der Waals surface area contributed by atoms with Crippen molar-refractivity contribution in [1.82, 2.24) is 45.1 Å². The summed E-state index contributed by atoms with van der Waals surface area (Å²) in [5.41, 5.74) is 0.732. The first kappa shape index (κ1) is 67.2. The van der Waals surface area contributed by atoms with Crippen LogP contribution >= 0.6 is 0 Å². The van der Waals surface area contributed by atoms with Gasteiger partial charge in [0.2, 0.25) is 23.7 Å². The van der Waals surface area contributed by atoms with Crippen molar-refractivity contribution >= 4 is 52.7 Å². The number of aliphatic hydroxyl groups excluding tert-OH is 1. The fraction of sp³-hybridized carbons (Fsp3) is 0.492. The van der Waals surface area contributed by atoms with Crippen molar-refractivity contribution in [3.63, 3.8) is 0 Å². The van der Waals surface area contributed by atoms with Crippen molar-refractivity contribution in [1.29, 1.82) is 0 Å². The number of hydrogen-bond donors (Lipinski definition) is 5. The molecular weight excluding hydrogens is 1180 g/mol. The van der Waals surface area contributed by atoms with E-state index >= 15 is 0 Å². The lowest BCUT2D eigenvalue weighted by atomic mass is 9.80. The summed E-state index contributed by atoms with van der Waals surface area (Å²) in [6, 6.07) is 23.5. The summed E-state index contributed by atoms with van der Waals surface area (Å²) in [4.78, 5) is 98.5. The predicted molar refractivity (Wildman–Crippen MR) is 316 cm³/mol. The fourth-order valence-corrected chi connectivity index (χ4v) is 10.3. The maximum Gasteiger partial charge on any atom is 0.303 e. The van der Waals surface area contributed by atoms with Crippen molar-refractivity contribution in [2.45, 2.75) is 135 Å². The zero-order valence-corrected chi connectivity index (χ0v) is 51.2. The van der Waals surface area contributed by atoms with Crippen LogP contribution in [0, 0.1) is 5.92 Å². The Hall–Kier alpha value is -8.71. The van der Waals surface area contributed by atoms with Crippen molar-refractivity contribution in [3.05, 3.63) is 124 Å². The van der Waals surface area contributed by atoms with Crippen LogP contribution in [0.4, 0.5) is 5.95 Å². The first-order valence-electron chi connectivity index (χ1n) is 29.2. The number of carbonyl (C=O) groups excluding carboxylic acids is 6. The molecule has 0 radical (unpaired) electrons. The molecule has 29 heteroatoms. The maximum atomic E-state index is 13.4. The number of benzene rings is 3. The van der Waals surface area contributed by atoms with Gasteiger partial charge in [0.1, 0.15) is 59.9 Å². The van der Waals surface area contributed by atoms with E-state index in [2.05, 4.69) is 41.2 Å². The fourth-order valence-electron chi connectivity index (χ4n) is 10.3. The molecule has 2 aliphatic heterocycles. The van der Waals surface area contributed by atoms with Gasteiger partial charge >= 0.3 is 17.9 Å². The number of esters is 3. The molecule has 484 valence electrons. The molecule has 3 amide bonds. The van der Waals surface area contributed by atoms with Crippen LogP contribution in [0.5, 0.6) is 11.5 Å². The molecule has 3 aromatic carbocycles. The van der Waals surface area contributed by atoms with Gasteiger partial charge in [-0.15, -0.1) is 5.10 Å². The van der Waals surface area contributed by atoms with E-state index in [9.17, 15) is 38.7 Å². The van der Waals surface area contributed by atoms with Crippen LogP contribution in [0.15, 0.2) is 96.2 Å². The van der Waals surface area contributed by atoms with Gasteiger partial charge in [-0.2, -0.15) is 4.98 Å². The van der Waals surface area contributed by atoms with E-state index in [4.69, 9.17) is 52.1 Å². The standard InChI is InChI=1S/C61H76N10O19/c1-35(2)56(78)66-60-65-55-50(57(79)67-60)63-34-71(55)58-54(51(77)46(89-58)33-86-61(40-14-10-9-11-15-40,41-17-21-44(80-7)22-18-41)42-19-23-45(81-8)24-20-42)85-31-43-30-70(69-68-43)26-29-82-28-25-62-48(76)16-12-13-27-83-59-49(64-36(3)72)53(88-39(6)75)52(87-38(5)74)47(90-59)32-84-37(4)73/h9-11,14-15,17-24,30,34-35,46-47,49,51-54,58-59,77H,12-13,16,25-29,31-33H2,1-8H3,(H,62,76)(H,64,72)(H2,65,66,67,78,79)/t46-,47?,49?,51-,52?,53?,54?,58-,59?/m1/s1. The van der Waals surface area contributed by atoms with E-state index < -0.39 is 96.1 Å². The number of aliphatic hydroxyl groups is 1. The number of ether oxygens (including phenoxy) is 11. The molecule has 5 N–H and O–H groups in total. The summed E-state index contributed by atoms with van der Waals surface area (Å²) in [6.45, 7) is 8.31. The lowest BCUT2D eigenvalue weighted by molar-refractivity contribution is -0.277. The molecule has 2 aliphatic rings. The molecule has 29 nitrogen and oxygen atoms in total. The second kappa shape index (κ2) is 31.6. The van der Waals surface area contributed by atoms with Gasteiger partial charge in [-0.05, 0) is 53.8 Å². The number of methoxy groups -OCH3 is 2. The number of unbranched alkanes of at least 4 members (excludes halogenated alkanes) is 1. The molecule has 0 bridgehead atoms. The molecule has 0 spiro atoms. The molecule has 6 aromatic rings. The monoisotopic (exact) mass is 1250 g/mol. The Labute approximate surface area is 517 Å². The van der Waals surface area contributed by atoms with E-state index in [0.717, 1.165) is 30.5 Å². The van der Waals surface area contributed by atoms with Gasteiger partial charge in [-0.3, -0.25) is 48.4 Å². The van der Waals surface area contributed by atoms with Crippen LogP contribution in [0.25, 0.3) is 11.2 Å². The maximum absolute atomic E-state index is 13.4. The average Bonchev–Trinajstić information content (AvgIpc) is 1.17. The Kier molecular flexibility index (Phi) is 23.6. The number of carbonyl (C=O) groups is 6. The van der Waals surface area contributed by atoms with Crippen molar-refractivity contribution < 1.29 is 86.0 Å². The summed E-state index contributed by atoms with van der Waals surface area (Å²) in [5, 5.41) is 29.0. The Morgan fingerprint density at radius 2 is 1.43 bits per heavy atom. The summed E-state index contributed by atoms with van der Waals surface area (Å²) in [7, 11) is 3.17. The lowest BCUT2D eigenvalue weighted by Crippen LogP contribution is -2.66. The Morgan fingerprint density at radius 3 is 2.07 bits per heavy atom. The first-order chi connectivity index (χ1) is 43.3. The molecule has 2 saturated heterocycles. The highest BCUT2D eigenvalue weighted by Crippen LogP contribution is 2.43. The molecule has 0 aliphatic carbocycles. The third-order valence-corrected chi connectivity index (χ3v) is 14.6. The van der Waals surface area contributed by atoms with Crippen LogP contribution in [-0.4, -0.2) is 178 Å². The third-order valence-electron chi connectivity index (χ3n) is 14.6. The van der Waals surface area contributed by atoms with Crippen LogP contribution in [0.3, 0.4) is 0 Å². The number of rotatable bonds is 31. The number of nitrogens with one attached hydrogen (secondary N) is 4. The molecule has 2 fully saturated rings. The lowest BCUT2D eigenvalue weighted by Gasteiger charge is -2.44. The number of H-pyrrole nitrogens is 1. The van der Waals surface area contributed by atoms with Crippen molar-refractivity contribution in [2.75, 3.05) is 59.1 Å². The molecule has 5 heterocycles. The second-order valence-corrected chi connectivity index (χ2v) is 21.5. The Bertz CT molecular complexity index is 3390. The minimum Gasteiger partial charge on any atom is -0.497 e. The van der Waals surface area contributed by atoms with Gasteiger partial charge in [-0.25, -0.2) is 9.67 Å². The predicted octanol–water partition coefficient (Wildman–Crippen LogP) is 3.15. The molecule has 90 heavy (non-hydrogen) atoms. The molecule has 6 unspecified atom stereocenters. The first-order valence-corrected chi connectivity index (χ1v) is 29.2. The summed E-state index contributed by atoms with van der Waals surface area (Å²) in [5.74, 6) is -2.51. The Balaban J connectivity index is 0.876. The van der Waals surface area contributed by atoms with E-state index in [1.807, 2.05) is 78.9 Å². The number of amides is 3. The SMILES string of the molecule is COc1ccc(C(OC[C@H]2O[C@@H](n3cnc4c(=O)[nH]c(NC(=O)C(C)C)nc43)C(OCc3cn(CCOCCNC(=O)CCCCOC4OC(COC(C)=O)C(OC(C)=O)C(OC(C)=O)C4NC(C)=O)nn3)[C@@H]2O)(c2ccccc2)c2ccc(OC)cc2)cc1. The zero-order valence-electron chi connectivity index (χ0n) is 51.2. The Morgan fingerprint density at radius 1 is 0.767 bits per heavy atom. The minimum atomic E-state index is -1.37. The van der Waals surface area contributed by atoms with E-state index in [1.165, 1.54) is 24.7 Å². The van der Waals surface area contributed by atoms with Crippen LogP contribution < -0.4 is 31.0 Å². The highest BCUT2D eigenvalue weighted by molar-refractivity contribution is 5.91. The molecular formula is C61H76N10O19. The average molecular weight is 1250 g/mol.